The van der Waals surface area contributed by atoms with Gasteiger partial charge in [-0.1, -0.05) is 0 Å². The number of halogens is 2. The minimum absolute atomic E-state index is 0. The Labute approximate surface area is 163 Å². The second-order valence-corrected chi connectivity index (χ2v) is 9.24. The first-order valence-electron chi connectivity index (χ1n) is 8.02. The van der Waals surface area contributed by atoms with Crippen LogP contribution in [0.1, 0.15) is 58.1 Å². The third-order valence-corrected chi connectivity index (χ3v) is 6.21. The van der Waals surface area contributed by atoms with Crippen molar-refractivity contribution in [3.63, 3.8) is 0 Å². The number of unbranched alkanes of at least 4 members (excludes halogenated alkanes) is 1. The van der Waals surface area contributed by atoms with E-state index >= 15 is 0 Å². The van der Waals surface area contributed by atoms with Crippen LogP contribution in [0.4, 0.5) is 0 Å². The Balaban J connectivity index is 0.00000242. The molecule has 2 rings (SSSR count). The normalized spacial score (nSPS) is 13.6. The Morgan fingerprint density at radius 3 is 2.48 bits per heavy atom. The Morgan fingerprint density at radius 1 is 1.17 bits per heavy atom. The maximum atomic E-state index is 3.75. The fourth-order valence-corrected chi connectivity index (χ4v) is 4.56. The van der Waals surface area contributed by atoms with Gasteiger partial charge in [0.2, 0.25) is 0 Å². The van der Waals surface area contributed by atoms with Crippen LogP contribution in [0.25, 0.3) is 5.57 Å². The summed E-state index contributed by atoms with van der Waals surface area (Å²) >= 11 is -0.201. The molecule has 0 heterocycles. The van der Waals surface area contributed by atoms with E-state index in [2.05, 4.69) is 67.9 Å². The average molecular weight is 390 g/mol. The van der Waals surface area contributed by atoms with Crippen LogP contribution in [-0.2, 0) is 23.1 Å². The standard InChI is InChI=1S/C15H17.C4H10N.2ClH.Ti/c1-11(2)13-8-4-5-9-15(13)14-10-6-7-12(14)3;1-2-3-4-5;;;/h4-9H,10H2,1-3H3;5H,2-4H2,1H3;2*1H;/q;-1;;;+1. The first-order valence-corrected chi connectivity index (χ1v) is 9.58. The predicted octanol–water partition coefficient (Wildman–Crippen LogP) is 5.89. The average Bonchev–Trinajstić information content (AvgIpc) is 2.90. The quantitative estimate of drug-likeness (QED) is 0.453. The van der Waals surface area contributed by atoms with Gasteiger partial charge in [-0.2, -0.15) is 0 Å². The van der Waals surface area contributed by atoms with Gasteiger partial charge in [0.15, 0.2) is 0 Å². The Kier molecular flexibility index (Phi) is 10.7. The number of allylic oxidation sites excluding steroid dienone is 4. The molecule has 0 radical (unpaired) electrons. The zero-order valence-electron chi connectivity index (χ0n) is 14.6. The predicted molar refractivity (Wildman–Crippen MR) is 103 cm³/mol. The van der Waals surface area contributed by atoms with E-state index in [1.165, 1.54) is 41.7 Å². The molecule has 0 bridgehead atoms. The first kappa shape index (κ1) is 23.0. The molecule has 0 spiro atoms. The largest absolute Gasteiger partial charge is 0.147 e. The second-order valence-electron chi connectivity index (χ2n) is 6.34. The van der Waals surface area contributed by atoms with E-state index in [9.17, 15) is 0 Å². The SMILES string of the molecule is CCCC[NH][Ti][C](C)(C)c1ccccc1C1=C(C)C=CC1.Cl.Cl. The van der Waals surface area contributed by atoms with Crippen molar-refractivity contribution in [1.29, 1.82) is 0 Å². The van der Waals surface area contributed by atoms with E-state index < -0.39 is 0 Å². The van der Waals surface area contributed by atoms with Crippen molar-refractivity contribution < 1.29 is 19.4 Å². The third-order valence-electron chi connectivity index (χ3n) is 4.15. The van der Waals surface area contributed by atoms with E-state index in [-0.39, 0.29) is 47.9 Å². The fraction of sp³-hybridized carbons (Fsp3) is 0.474. The van der Waals surface area contributed by atoms with Crippen LogP contribution in [0.3, 0.4) is 0 Å². The number of hydrogen-bond acceptors (Lipinski definition) is 1. The van der Waals surface area contributed by atoms with Gasteiger partial charge >= 0.3 is 139 Å². The van der Waals surface area contributed by atoms with Crippen LogP contribution in [0.5, 0.6) is 0 Å². The molecule has 128 valence electrons. The zero-order chi connectivity index (χ0) is 15.3. The van der Waals surface area contributed by atoms with E-state index in [0.717, 1.165) is 6.42 Å². The molecule has 1 N–H and O–H groups in total. The van der Waals surface area contributed by atoms with Gasteiger partial charge < -0.3 is 0 Å². The van der Waals surface area contributed by atoms with Crippen molar-refractivity contribution in [3.05, 3.63) is 53.1 Å². The van der Waals surface area contributed by atoms with E-state index in [4.69, 9.17) is 0 Å². The topological polar surface area (TPSA) is 12.0 Å². The summed E-state index contributed by atoms with van der Waals surface area (Å²) in [4.78, 5) is 0. The van der Waals surface area contributed by atoms with Crippen molar-refractivity contribution in [2.45, 2.75) is 50.7 Å². The van der Waals surface area contributed by atoms with Gasteiger partial charge in [0.25, 0.3) is 0 Å². The molecule has 0 aliphatic heterocycles. The number of hydrogen-bond donors (Lipinski definition) is 1. The van der Waals surface area contributed by atoms with Crippen molar-refractivity contribution >= 4 is 30.4 Å². The maximum Gasteiger partial charge on any atom is -0.147 e. The summed E-state index contributed by atoms with van der Waals surface area (Å²) in [5, 5.41) is 0. The van der Waals surface area contributed by atoms with Gasteiger partial charge in [-0.15, -0.1) is 24.8 Å². The molecule has 0 atom stereocenters. The summed E-state index contributed by atoms with van der Waals surface area (Å²) in [6.07, 6.45) is 8.19. The van der Waals surface area contributed by atoms with Crippen LogP contribution in [0, 0.1) is 0 Å². The third kappa shape index (κ3) is 6.07. The fourth-order valence-electron chi connectivity index (χ4n) is 2.84. The van der Waals surface area contributed by atoms with Gasteiger partial charge in [0.05, 0.1) is 0 Å². The van der Waals surface area contributed by atoms with Gasteiger partial charge in [0, 0.05) is 0 Å². The summed E-state index contributed by atoms with van der Waals surface area (Å²) in [6.45, 7) is 10.5. The number of benzene rings is 1. The summed E-state index contributed by atoms with van der Waals surface area (Å²) < 4.78 is 4.03. The van der Waals surface area contributed by atoms with E-state index in [1.54, 1.807) is 0 Å². The monoisotopic (exact) mass is 389 g/mol. The molecule has 0 saturated carbocycles. The minimum atomic E-state index is -0.201. The van der Waals surface area contributed by atoms with E-state index in [0.29, 0.717) is 0 Å². The van der Waals surface area contributed by atoms with Gasteiger partial charge in [-0.3, -0.25) is 0 Å². The Hall–Kier alpha value is -0.0457. The van der Waals surface area contributed by atoms with Crippen LogP contribution >= 0.6 is 24.8 Å². The molecule has 1 aliphatic rings. The first-order chi connectivity index (χ1) is 10.1. The van der Waals surface area contributed by atoms with Crippen LogP contribution in [-0.4, -0.2) is 6.54 Å². The molecule has 0 saturated heterocycles. The zero-order valence-corrected chi connectivity index (χ0v) is 17.8. The molecule has 0 aromatic heterocycles. The molecule has 4 heteroatoms. The molecule has 1 aromatic rings. The van der Waals surface area contributed by atoms with Gasteiger partial charge in [-0.05, 0) is 0 Å². The molecule has 1 nitrogen and oxygen atoms in total. The Morgan fingerprint density at radius 2 is 1.87 bits per heavy atom. The van der Waals surface area contributed by atoms with Gasteiger partial charge in [-0.25, -0.2) is 0 Å². The second kappa shape index (κ2) is 10.7. The Bertz CT molecular complexity index is 550. The van der Waals surface area contributed by atoms with Crippen molar-refractivity contribution in [1.82, 2.24) is 3.80 Å². The summed E-state index contributed by atoms with van der Waals surface area (Å²) in [5.41, 5.74) is 5.93. The van der Waals surface area contributed by atoms with Crippen molar-refractivity contribution in [3.8, 4) is 0 Å². The van der Waals surface area contributed by atoms with Crippen LogP contribution in [0.15, 0.2) is 42.0 Å². The van der Waals surface area contributed by atoms with Gasteiger partial charge in [0.1, 0.15) is 0 Å². The van der Waals surface area contributed by atoms with E-state index in [1.807, 2.05) is 0 Å². The molecule has 0 unspecified atom stereocenters. The molecule has 0 fully saturated rings. The summed E-state index contributed by atoms with van der Waals surface area (Å²) in [5.74, 6) is 0. The molecule has 1 aliphatic carbocycles. The van der Waals surface area contributed by atoms with Crippen LogP contribution in [0.2, 0.25) is 0 Å². The van der Waals surface area contributed by atoms with Crippen molar-refractivity contribution in [2.75, 3.05) is 6.54 Å². The molecule has 0 amide bonds. The summed E-state index contributed by atoms with van der Waals surface area (Å²) in [6, 6.07) is 9.01. The van der Waals surface area contributed by atoms with Crippen LogP contribution < -0.4 is 3.80 Å². The van der Waals surface area contributed by atoms with Crippen molar-refractivity contribution in [2.24, 2.45) is 0 Å². The molecule has 1 aromatic carbocycles. The number of nitrogens with one attached hydrogen (secondary N) is 1. The number of rotatable bonds is 7. The molecule has 23 heavy (non-hydrogen) atoms. The minimum Gasteiger partial charge on any atom is -0.147 e. The summed E-state index contributed by atoms with van der Waals surface area (Å²) in [7, 11) is 0. The smallest absolute Gasteiger partial charge is 0.147 e. The molecular formula is C19H29Cl2NTi. The molecular weight excluding hydrogens is 361 g/mol. The maximum absolute atomic E-state index is 3.75.